The Bertz CT molecular complexity index is 1050. The lowest BCUT2D eigenvalue weighted by Gasteiger charge is -2.25. The molecule has 3 rings (SSSR count). The van der Waals surface area contributed by atoms with Crippen molar-refractivity contribution < 1.29 is 24.5 Å². The van der Waals surface area contributed by atoms with E-state index in [0.29, 0.717) is 18.7 Å². The average molecular weight is 434 g/mol. The number of anilines is 1. The standard InChI is InChI=1S/C25H26N2O5/c26-13-12-18-8-11-22(25(30)31)23(14-18)27(15-19-4-2-1-3-5-19)24(29)17-32-16-20-6-9-21(28)10-7-20/h1-11,14,28H,12-13,15-17,26H2,(H,30,31). The fourth-order valence-electron chi connectivity index (χ4n) is 3.30. The number of carboxylic acid groups (broad SMARTS) is 1. The molecule has 0 heterocycles. The largest absolute Gasteiger partial charge is 0.508 e. The van der Waals surface area contributed by atoms with Gasteiger partial charge in [0.15, 0.2) is 0 Å². The van der Waals surface area contributed by atoms with E-state index in [9.17, 15) is 19.8 Å². The number of amides is 1. The van der Waals surface area contributed by atoms with Crippen molar-refractivity contribution in [3.8, 4) is 5.75 Å². The number of ether oxygens (including phenoxy) is 1. The van der Waals surface area contributed by atoms with Gasteiger partial charge in [-0.25, -0.2) is 4.79 Å². The summed E-state index contributed by atoms with van der Waals surface area (Å²) in [5.74, 6) is -1.33. The summed E-state index contributed by atoms with van der Waals surface area (Å²) in [5.41, 5.74) is 8.53. The number of carbonyl (C=O) groups is 2. The zero-order chi connectivity index (χ0) is 22.9. The second-order valence-corrected chi connectivity index (χ2v) is 7.32. The van der Waals surface area contributed by atoms with Crippen LogP contribution in [0.25, 0.3) is 0 Å². The first-order valence-electron chi connectivity index (χ1n) is 10.2. The molecule has 166 valence electrons. The Kier molecular flexibility index (Phi) is 7.96. The Labute approximate surface area is 186 Å². The van der Waals surface area contributed by atoms with Crippen molar-refractivity contribution in [2.45, 2.75) is 19.6 Å². The number of carbonyl (C=O) groups excluding carboxylic acids is 1. The highest BCUT2D eigenvalue weighted by atomic mass is 16.5. The minimum Gasteiger partial charge on any atom is -0.508 e. The van der Waals surface area contributed by atoms with E-state index in [1.807, 2.05) is 30.3 Å². The maximum Gasteiger partial charge on any atom is 0.337 e. The Balaban J connectivity index is 1.86. The summed E-state index contributed by atoms with van der Waals surface area (Å²) in [6.45, 7) is 0.570. The summed E-state index contributed by atoms with van der Waals surface area (Å²) in [5, 5.41) is 19.1. The van der Waals surface area contributed by atoms with Gasteiger partial charge >= 0.3 is 5.97 Å². The van der Waals surface area contributed by atoms with Gasteiger partial charge in [0.1, 0.15) is 12.4 Å². The molecule has 7 nitrogen and oxygen atoms in total. The van der Waals surface area contributed by atoms with Gasteiger partial charge in [-0.1, -0.05) is 48.5 Å². The predicted molar refractivity (Wildman–Crippen MR) is 122 cm³/mol. The number of phenols is 1. The Morgan fingerprint density at radius 3 is 2.25 bits per heavy atom. The molecule has 0 fully saturated rings. The molecule has 0 aliphatic rings. The average Bonchev–Trinajstić information content (AvgIpc) is 2.79. The molecule has 4 N–H and O–H groups in total. The molecule has 0 saturated heterocycles. The number of nitrogens with two attached hydrogens (primary N) is 1. The van der Waals surface area contributed by atoms with E-state index in [4.69, 9.17) is 10.5 Å². The van der Waals surface area contributed by atoms with Crippen molar-refractivity contribution in [1.29, 1.82) is 0 Å². The van der Waals surface area contributed by atoms with Crippen LogP contribution in [-0.4, -0.2) is 35.2 Å². The number of hydrogen-bond acceptors (Lipinski definition) is 5. The van der Waals surface area contributed by atoms with Crippen LogP contribution in [0.1, 0.15) is 27.0 Å². The number of hydrogen-bond donors (Lipinski definition) is 3. The molecule has 0 spiro atoms. The molecule has 32 heavy (non-hydrogen) atoms. The zero-order valence-electron chi connectivity index (χ0n) is 17.6. The first kappa shape index (κ1) is 23.0. The van der Waals surface area contributed by atoms with Gasteiger partial charge in [-0.2, -0.15) is 0 Å². The molecule has 0 bridgehead atoms. The van der Waals surface area contributed by atoms with E-state index in [-0.39, 0.29) is 37.0 Å². The lowest BCUT2D eigenvalue weighted by molar-refractivity contribution is -0.123. The van der Waals surface area contributed by atoms with Gasteiger partial charge in [0, 0.05) is 0 Å². The van der Waals surface area contributed by atoms with Crippen molar-refractivity contribution in [3.05, 3.63) is 95.1 Å². The number of benzene rings is 3. The minimum atomic E-state index is -1.12. The molecule has 0 aliphatic carbocycles. The number of nitrogens with zero attached hydrogens (tertiary/aromatic N) is 1. The quantitative estimate of drug-likeness (QED) is 0.451. The van der Waals surface area contributed by atoms with Crippen LogP contribution in [0.5, 0.6) is 5.75 Å². The lowest BCUT2D eigenvalue weighted by atomic mass is 10.0. The number of aromatic hydroxyl groups is 1. The molecule has 3 aromatic carbocycles. The molecule has 0 radical (unpaired) electrons. The van der Waals surface area contributed by atoms with Gasteiger partial charge in [-0.05, 0) is 53.9 Å². The lowest BCUT2D eigenvalue weighted by Crippen LogP contribution is -2.35. The van der Waals surface area contributed by atoms with Gasteiger partial charge < -0.3 is 25.6 Å². The Morgan fingerprint density at radius 1 is 0.906 bits per heavy atom. The molecule has 0 unspecified atom stereocenters. The first-order valence-corrected chi connectivity index (χ1v) is 10.2. The van der Waals surface area contributed by atoms with Crippen LogP contribution in [0.2, 0.25) is 0 Å². The normalized spacial score (nSPS) is 10.7. The van der Waals surface area contributed by atoms with E-state index in [2.05, 4.69) is 0 Å². The molecule has 0 saturated carbocycles. The second kappa shape index (κ2) is 11.1. The molecule has 3 aromatic rings. The highest BCUT2D eigenvalue weighted by Gasteiger charge is 2.23. The molecular formula is C25H26N2O5. The van der Waals surface area contributed by atoms with Gasteiger partial charge in [0.2, 0.25) is 0 Å². The Hall–Kier alpha value is -3.68. The van der Waals surface area contributed by atoms with Crippen molar-refractivity contribution in [2.24, 2.45) is 5.73 Å². The SMILES string of the molecule is NCCc1ccc(C(=O)O)c(N(Cc2ccccc2)C(=O)COCc2ccc(O)cc2)c1. The highest BCUT2D eigenvalue weighted by Crippen LogP contribution is 2.25. The number of carboxylic acids is 1. The smallest absolute Gasteiger partial charge is 0.337 e. The molecule has 0 aliphatic heterocycles. The third-order valence-electron chi connectivity index (χ3n) is 4.93. The van der Waals surface area contributed by atoms with E-state index >= 15 is 0 Å². The summed E-state index contributed by atoms with van der Waals surface area (Å²) in [4.78, 5) is 26.5. The number of phenolic OH excluding ortho intramolecular Hbond substituents is 1. The van der Waals surface area contributed by atoms with Crippen LogP contribution in [0.15, 0.2) is 72.8 Å². The maximum absolute atomic E-state index is 13.2. The minimum absolute atomic E-state index is 0.0357. The van der Waals surface area contributed by atoms with Crippen molar-refractivity contribution >= 4 is 17.6 Å². The monoisotopic (exact) mass is 434 g/mol. The molecule has 7 heteroatoms. The molecule has 0 atom stereocenters. The summed E-state index contributed by atoms with van der Waals surface area (Å²) in [6.07, 6.45) is 0.567. The van der Waals surface area contributed by atoms with E-state index in [1.165, 1.54) is 11.0 Å². The number of rotatable bonds is 10. The molecule has 1 amide bonds. The zero-order valence-corrected chi connectivity index (χ0v) is 17.6. The topological polar surface area (TPSA) is 113 Å². The molecule has 0 aromatic heterocycles. The van der Waals surface area contributed by atoms with Gasteiger partial charge in [-0.3, -0.25) is 4.79 Å². The van der Waals surface area contributed by atoms with Crippen LogP contribution in [0, 0.1) is 0 Å². The van der Waals surface area contributed by atoms with E-state index < -0.39 is 5.97 Å². The summed E-state index contributed by atoms with van der Waals surface area (Å²) in [6, 6.07) is 20.8. The van der Waals surface area contributed by atoms with Crippen molar-refractivity contribution in [1.82, 2.24) is 0 Å². The summed E-state index contributed by atoms with van der Waals surface area (Å²) in [7, 11) is 0. The second-order valence-electron chi connectivity index (χ2n) is 7.32. The van der Waals surface area contributed by atoms with Crippen molar-refractivity contribution in [3.63, 3.8) is 0 Å². The third kappa shape index (κ3) is 6.16. The van der Waals surface area contributed by atoms with Crippen LogP contribution in [0.4, 0.5) is 5.69 Å². The predicted octanol–water partition coefficient (Wildman–Crippen LogP) is 3.34. The van der Waals surface area contributed by atoms with Crippen LogP contribution >= 0.6 is 0 Å². The van der Waals surface area contributed by atoms with Crippen molar-refractivity contribution in [2.75, 3.05) is 18.1 Å². The Morgan fingerprint density at radius 2 is 1.59 bits per heavy atom. The third-order valence-corrected chi connectivity index (χ3v) is 4.93. The summed E-state index contributed by atoms with van der Waals surface area (Å²) >= 11 is 0. The van der Waals surface area contributed by atoms with Gasteiger partial charge in [0.25, 0.3) is 5.91 Å². The fraction of sp³-hybridized carbons (Fsp3) is 0.200. The fourth-order valence-corrected chi connectivity index (χ4v) is 3.30. The van der Waals surface area contributed by atoms with Crippen LogP contribution in [0.3, 0.4) is 0 Å². The number of aromatic carboxylic acids is 1. The van der Waals surface area contributed by atoms with E-state index in [1.54, 1.807) is 36.4 Å². The summed E-state index contributed by atoms with van der Waals surface area (Å²) < 4.78 is 5.60. The highest BCUT2D eigenvalue weighted by molar-refractivity contribution is 6.02. The van der Waals surface area contributed by atoms with Gasteiger partial charge in [0.05, 0.1) is 24.4 Å². The van der Waals surface area contributed by atoms with E-state index in [0.717, 1.165) is 16.7 Å². The van der Waals surface area contributed by atoms with Crippen LogP contribution < -0.4 is 10.6 Å². The van der Waals surface area contributed by atoms with Gasteiger partial charge in [-0.15, -0.1) is 0 Å². The molecular weight excluding hydrogens is 408 g/mol. The van der Waals surface area contributed by atoms with Crippen LogP contribution in [-0.2, 0) is 29.1 Å². The maximum atomic E-state index is 13.2. The first-order chi connectivity index (χ1) is 15.5.